The van der Waals surface area contributed by atoms with Gasteiger partial charge >= 0.3 is 0 Å². The molecule has 4 heterocycles. The summed E-state index contributed by atoms with van der Waals surface area (Å²) in [5, 5.41) is 3.07. The molecule has 0 atom stereocenters. The number of hydrogen-bond donors (Lipinski definition) is 0. The first-order valence-corrected chi connectivity index (χ1v) is 20.4. The fraction of sp³-hybridized carbons (Fsp3) is 0.259. The zero-order valence-electron chi connectivity index (χ0n) is 42.9. The normalized spacial score (nSPS) is 18.9. The molecule has 0 saturated heterocycles. The Labute approximate surface area is 379 Å². The van der Waals surface area contributed by atoms with Crippen LogP contribution >= 0.6 is 0 Å². The number of pyridine rings is 2. The summed E-state index contributed by atoms with van der Waals surface area (Å²) >= 11 is 0. The zero-order valence-corrected chi connectivity index (χ0v) is 35.3. The van der Waals surface area contributed by atoms with E-state index in [9.17, 15) is 5.76 Å². The molecule has 0 amide bonds. The number of aryl methyl sites for hydroxylation is 3. The van der Waals surface area contributed by atoms with Gasteiger partial charge in [0.2, 0.25) is 0 Å². The predicted octanol–water partition coefficient (Wildman–Crippen LogP) is 14.8. The monoisotopic (exact) mass is 976 g/mol. The Morgan fingerprint density at radius 2 is 1.53 bits per heavy atom. The second-order valence-electron chi connectivity index (χ2n) is 16.1. The maximum atomic E-state index is 12.7. The number of halogens is 1. The second-order valence-corrected chi connectivity index (χ2v) is 16.1. The second kappa shape index (κ2) is 16.6. The van der Waals surface area contributed by atoms with Gasteiger partial charge < -0.3 is 19.0 Å². The van der Waals surface area contributed by atoms with Crippen LogP contribution < -0.4 is 0 Å². The topological polar surface area (TPSA) is 43.9 Å². The number of hydrogen-bond acceptors (Lipinski definition) is 3. The Kier molecular flexibility index (Phi) is 8.21. The average molecular weight is 976 g/mol. The maximum Gasteiger partial charge on any atom is 0.123 e. The molecule has 0 bridgehead atoms. The number of nitrogens with zero attached hydrogens (tertiary/aromatic N) is 3. The molecule has 2 aliphatic carbocycles. The molecule has 303 valence electrons. The first kappa shape index (κ1) is 29.7. The Morgan fingerprint density at radius 3 is 2.28 bits per heavy atom. The van der Waals surface area contributed by atoms with Gasteiger partial charge in [-0.05, 0) is 123 Å². The minimum absolute atomic E-state index is 0. The first-order chi connectivity index (χ1) is 32.8. The molecule has 0 N–H and O–H groups in total. The van der Waals surface area contributed by atoms with Crippen molar-refractivity contribution in [1.29, 1.82) is 0 Å². The summed E-state index contributed by atoms with van der Waals surface area (Å²) in [6.07, 6.45) is 13.9. The van der Waals surface area contributed by atoms with E-state index in [0.29, 0.717) is 44.3 Å². The smallest absolute Gasteiger partial charge is 0.123 e. The van der Waals surface area contributed by atoms with E-state index in [4.69, 9.17) is 21.7 Å². The summed E-state index contributed by atoms with van der Waals surface area (Å²) in [5.41, 5.74) is 7.36. The van der Waals surface area contributed by atoms with Crippen LogP contribution in [0.3, 0.4) is 0 Å². The molecule has 11 rings (SSSR count). The molecule has 60 heavy (non-hydrogen) atoms. The van der Waals surface area contributed by atoms with Crippen molar-refractivity contribution in [2.75, 3.05) is 0 Å². The van der Waals surface area contributed by atoms with Crippen LogP contribution in [0.2, 0.25) is 0 Å². The van der Waals surface area contributed by atoms with Crippen molar-refractivity contribution in [3.05, 3.63) is 162 Å². The van der Waals surface area contributed by atoms with E-state index in [-0.39, 0.29) is 48.2 Å². The molecule has 4 aromatic heterocycles. The number of para-hydroxylation sites is 1. The molecule has 1 spiro atoms. The summed E-state index contributed by atoms with van der Waals surface area (Å²) in [4.78, 5) is 8.90. The molecule has 2 aliphatic rings. The van der Waals surface area contributed by atoms with Gasteiger partial charge in [-0.2, -0.15) is 0 Å². The van der Waals surface area contributed by atoms with Crippen molar-refractivity contribution < 1.29 is 42.6 Å². The SMILES string of the molecule is [2H]C([2H])([2H])c1cc(C([2H])([2H])[2H])c2oc3c(-c4cc5c(cn4)c4ccccc4n5-c4ccc(C5([2H])CCC6(CCCCC6)CC5)cc4)[c-]ccc3c2c1.[2H]C([2H])([2H])c1ccc(-c2[c-]cc(F)cc2)nc1.[Ir]. The van der Waals surface area contributed by atoms with E-state index in [1.54, 1.807) is 24.3 Å². The number of aromatic nitrogens is 3. The third-order valence-corrected chi connectivity index (χ3v) is 12.5. The van der Waals surface area contributed by atoms with Gasteiger partial charge in [-0.15, -0.1) is 48.0 Å². The first-order valence-electron chi connectivity index (χ1n) is 25.4. The van der Waals surface area contributed by atoms with Crippen LogP contribution in [0, 0.1) is 43.9 Å². The standard InChI is InChI=1S/C42H39N2O.C12H9FN.Ir/c1-27-23-28(2)40-35(24-27)33-10-8-11-34(41(33)45-40)37-25-39-36(26-43-37)32-9-4-5-12-38(32)44(39)31-15-13-29(14-16-31)30-17-21-42(22-18-30)19-6-3-7-20-42;1-9-2-7-12(14-8-9)10-3-5-11(13)6-4-10;/h4-5,8-10,12-16,23-26,30H,3,6-7,17-22H2,1-2H3;2-3,5-8H,1H3;/q2*-1;/i1D3,2D3,30D;1D3;. The maximum absolute atomic E-state index is 12.7. The molecule has 6 heteroatoms. The van der Waals surface area contributed by atoms with E-state index in [1.165, 1.54) is 68.6 Å². The largest absolute Gasteiger partial charge is 0.500 e. The van der Waals surface area contributed by atoms with E-state index >= 15 is 0 Å². The predicted molar refractivity (Wildman–Crippen MR) is 240 cm³/mol. The van der Waals surface area contributed by atoms with Gasteiger partial charge in [0, 0.05) is 79.4 Å². The van der Waals surface area contributed by atoms with E-state index in [1.807, 2.05) is 24.4 Å². The fourth-order valence-corrected chi connectivity index (χ4v) is 9.45. The third-order valence-electron chi connectivity index (χ3n) is 12.5. The van der Waals surface area contributed by atoms with Crippen LogP contribution in [0.1, 0.15) is 99.6 Å². The molecule has 9 aromatic rings. The van der Waals surface area contributed by atoms with Gasteiger partial charge in [0.1, 0.15) is 5.58 Å². The third kappa shape index (κ3) is 7.50. The van der Waals surface area contributed by atoms with Gasteiger partial charge in [0.05, 0.1) is 11.1 Å². The summed E-state index contributed by atoms with van der Waals surface area (Å²) in [6, 6.07) is 38.2. The number of fused-ring (bicyclic) bond motifs is 6. The summed E-state index contributed by atoms with van der Waals surface area (Å²) in [6.45, 7) is -7.23. The van der Waals surface area contributed by atoms with Crippen molar-refractivity contribution in [2.45, 2.75) is 84.2 Å². The van der Waals surface area contributed by atoms with Gasteiger partial charge in [-0.1, -0.05) is 90.4 Å². The van der Waals surface area contributed by atoms with Gasteiger partial charge in [0.15, 0.2) is 0 Å². The summed E-state index contributed by atoms with van der Waals surface area (Å²) < 4.78 is 101. The Balaban J connectivity index is 0.000000286. The molecule has 2 fully saturated rings. The van der Waals surface area contributed by atoms with Crippen LogP contribution in [0.5, 0.6) is 0 Å². The van der Waals surface area contributed by atoms with Crippen molar-refractivity contribution in [2.24, 2.45) is 5.41 Å². The van der Waals surface area contributed by atoms with Crippen LogP contribution in [0.25, 0.3) is 71.9 Å². The zero-order chi connectivity index (χ0) is 48.5. The Morgan fingerprint density at radius 1 is 0.717 bits per heavy atom. The molecular formula is C54H48FIrN3O-2. The summed E-state index contributed by atoms with van der Waals surface area (Å²) in [5.74, 6) is -0.933. The number of rotatable bonds is 4. The van der Waals surface area contributed by atoms with Crippen LogP contribution in [-0.2, 0) is 20.1 Å². The Bertz CT molecular complexity index is 3340. The average Bonchev–Trinajstić information content (AvgIpc) is 3.88. The number of furan rings is 1. The van der Waals surface area contributed by atoms with Crippen molar-refractivity contribution in [3.8, 4) is 28.2 Å². The molecule has 0 unspecified atom stereocenters. The van der Waals surface area contributed by atoms with Crippen molar-refractivity contribution >= 4 is 43.7 Å². The molecule has 4 nitrogen and oxygen atoms in total. The van der Waals surface area contributed by atoms with E-state index in [0.717, 1.165) is 58.7 Å². The fourth-order valence-electron chi connectivity index (χ4n) is 9.45. The molecular weight excluding hydrogens is 918 g/mol. The van der Waals surface area contributed by atoms with Crippen LogP contribution in [0.15, 0.2) is 126 Å². The molecule has 1 radical (unpaired) electrons. The van der Waals surface area contributed by atoms with Crippen LogP contribution in [-0.4, -0.2) is 14.5 Å². The minimum Gasteiger partial charge on any atom is -0.500 e. The number of benzene rings is 5. The van der Waals surface area contributed by atoms with Crippen molar-refractivity contribution in [1.82, 2.24) is 14.5 Å². The molecule has 2 saturated carbocycles. The van der Waals surface area contributed by atoms with Gasteiger partial charge in [-0.3, -0.25) is 4.39 Å². The molecule has 5 aromatic carbocycles. The van der Waals surface area contributed by atoms with Crippen molar-refractivity contribution in [3.63, 3.8) is 0 Å². The summed E-state index contributed by atoms with van der Waals surface area (Å²) in [7, 11) is 0. The quantitative estimate of drug-likeness (QED) is 0.165. The van der Waals surface area contributed by atoms with Gasteiger partial charge in [-0.25, -0.2) is 0 Å². The van der Waals surface area contributed by atoms with E-state index in [2.05, 4.69) is 58.1 Å². The van der Waals surface area contributed by atoms with Gasteiger partial charge in [0.25, 0.3) is 0 Å². The van der Waals surface area contributed by atoms with E-state index < -0.39 is 26.4 Å². The molecule has 0 aliphatic heterocycles. The minimum atomic E-state index is -2.58. The van der Waals surface area contributed by atoms with Crippen LogP contribution in [0.4, 0.5) is 4.39 Å². The Hall–Kier alpha value is -5.42.